The average molecular weight is 341 g/mol. The van der Waals surface area contributed by atoms with Gasteiger partial charge >= 0.3 is 0 Å². The van der Waals surface area contributed by atoms with Gasteiger partial charge in [-0.1, -0.05) is 30.3 Å². The molecule has 120 valence electrons. The van der Waals surface area contributed by atoms with Gasteiger partial charge in [0.1, 0.15) is 0 Å². The summed E-state index contributed by atoms with van der Waals surface area (Å²) in [6.07, 6.45) is 3.39. The van der Waals surface area contributed by atoms with Crippen LogP contribution < -0.4 is 10.5 Å². The number of rotatable bonds is 3. The number of nitrogens with two attached hydrogens (primary N) is 1. The van der Waals surface area contributed by atoms with E-state index in [0.717, 1.165) is 36.5 Å². The molecule has 0 spiro atoms. The molecule has 22 heavy (non-hydrogen) atoms. The summed E-state index contributed by atoms with van der Waals surface area (Å²) in [6, 6.07) is 13.2. The molecule has 0 saturated heterocycles. The maximum Gasteiger partial charge on any atom is 0.240 e. The summed E-state index contributed by atoms with van der Waals surface area (Å²) in [6.45, 7) is 0. The second-order valence-electron chi connectivity index (χ2n) is 5.74. The second-order valence-corrected chi connectivity index (χ2v) is 7.46. The normalized spacial score (nSPS) is 22.2. The van der Waals surface area contributed by atoms with Gasteiger partial charge in [0.05, 0.1) is 4.90 Å². The third-order valence-electron chi connectivity index (χ3n) is 4.12. The first-order valence-corrected chi connectivity index (χ1v) is 8.80. The van der Waals surface area contributed by atoms with Gasteiger partial charge in [0.25, 0.3) is 0 Å². The Labute approximate surface area is 137 Å². The van der Waals surface area contributed by atoms with Crippen molar-refractivity contribution in [2.45, 2.75) is 42.7 Å². The van der Waals surface area contributed by atoms with Crippen molar-refractivity contribution < 1.29 is 8.42 Å². The minimum Gasteiger partial charge on any atom is -0.328 e. The van der Waals surface area contributed by atoms with E-state index < -0.39 is 10.0 Å². The predicted molar refractivity (Wildman–Crippen MR) is 91.7 cm³/mol. The van der Waals surface area contributed by atoms with Crippen LogP contribution in [0.2, 0.25) is 0 Å². The van der Waals surface area contributed by atoms with Crippen molar-refractivity contribution in [2.24, 2.45) is 5.73 Å². The van der Waals surface area contributed by atoms with Crippen LogP contribution in [-0.2, 0) is 10.0 Å². The monoisotopic (exact) mass is 340 g/mol. The number of hydrogen-bond acceptors (Lipinski definition) is 3. The molecule has 1 aliphatic rings. The molecule has 4 nitrogen and oxygen atoms in total. The SMILES string of the molecule is Cl.NC1CCC(NS(=O)(=O)c2ccc3ccccc3c2)CC1. The Morgan fingerprint density at radius 1 is 0.955 bits per heavy atom. The molecule has 0 amide bonds. The van der Waals surface area contributed by atoms with Crippen LogP contribution in [-0.4, -0.2) is 20.5 Å². The molecule has 1 fully saturated rings. The lowest BCUT2D eigenvalue weighted by Crippen LogP contribution is -2.40. The topological polar surface area (TPSA) is 72.2 Å². The number of hydrogen-bond donors (Lipinski definition) is 2. The molecular formula is C16H21ClN2O2S. The number of fused-ring (bicyclic) bond motifs is 1. The molecule has 0 heterocycles. The van der Waals surface area contributed by atoms with Crippen LogP contribution in [0.3, 0.4) is 0 Å². The minimum atomic E-state index is -3.46. The van der Waals surface area contributed by atoms with E-state index >= 15 is 0 Å². The number of benzene rings is 2. The van der Waals surface area contributed by atoms with Gasteiger partial charge in [0, 0.05) is 12.1 Å². The Morgan fingerprint density at radius 2 is 1.59 bits per heavy atom. The smallest absolute Gasteiger partial charge is 0.240 e. The van der Waals surface area contributed by atoms with Crippen LogP contribution in [0.4, 0.5) is 0 Å². The maximum atomic E-state index is 12.5. The van der Waals surface area contributed by atoms with Gasteiger partial charge < -0.3 is 5.73 Å². The molecule has 2 aromatic carbocycles. The summed E-state index contributed by atoms with van der Waals surface area (Å²) in [5, 5.41) is 1.98. The zero-order valence-corrected chi connectivity index (χ0v) is 13.9. The molecule has 6 heteroatoms. The fraction of sp³-hybridized carbons (Fsp3) is 0.375. The molecule has 0 aromatic heterocycles. The maximum absolute atomic E-state index is 12.5. The van der Waals surface area contributed by atoms with Crippen molar-refractivity contribution in [3.63, 3.8) is 0 Å². The first-order chi connectivity index (χ1) is 10.0. The van der Waals surface area contributed by atoms with E-state index in [1.54, 1.807) is 12.1 Å². The van der Waals surface area contributed by atoms with Gasteiger partial charge in [-0.3, -0.25) is 0 Å². The van der Waals surface area contributed by atoms with Crippen molar-refractivity contribution in [1.82, 2.24) is 4.72 Å². The molecule has 0 aliphatic heterocycles. The van der Waals surface area contributed by atoms with E-state index in [1.165, 1.54) is 0 Å². The number of nitrogens with one attached hydrogen (secondary N) is 1. The Bertz CT molecular complexity index is 741. The quantitative estimate of drug-likeness (QED) is 0.902. The average Bonchev–Trinajstić information content (AvgIpc) is 2.49. The molecule has 3 N–H and O–H groups in total. The largest absolute Gasteiger partial charge is 0.328 e. The van der Waals surface area contributed by atoms with Crippen molar-refractivity contribution in [3.05, 3.63) is 42.5 Å². The number of halogens is 1. The molecule has 3 rings (SSSR count). The highest BCUT2D eigenvalue weighted by Gasteiger charge is 2.24. The lowest BCUT2D eigenvalue weighted by Gasteiger charge is -2.26. The molecular weight excluding hydrogens is 320 g/mol. The standard InChI is InChI=1S/C16H20N2O2S.ClH/c17-14-6-8-15(9-7-14)18-21(19,20)16-10-5-12-3-1-2-4-13(12)11-16;/h1-5,10-11,14-15,18H,6-9,17H2;1H. The molecule has 0 bridgehead atoms. The van der Waals surface area contributed by atoms with Gasteiger partial charge in [0.15, 0.2) is 0 Å². The highest BCUT2D eigenvalue weighted by Crippen LogP contribution is 2.22. The van der Waals surface area contributed by atoms with Gasteiger partial charge in [-0.05, 0) is 48.6 Å². The van der Waals surface area contributed by atoms with Crippen molar-refractivity contribution in [2.75, 3.05) is 0 Å². The second kappa shape index (κ2) is 6.96. The summed E-state index contributed by atoms with van der Waals surface area (Å²) in [5.74, 6) is 0. The molecule has 2 aromatic rings. The van der Waals surface area contributed by atoms with E-state index in [1.807, 2.05) is 30.3 Å². The van der Waals surface area contributed by atoms with Crippen LogP contribution in [0.1, 0.15) is 25.7 Å². The van der Waals surface area contributed by atoms with Crippen LogP contribution in [0.5, 0.6) is 0 Å². The van der Waals surface area contributed by atoms with Crippen molar-refractivity contribution in [3.8, 4) is 0 Å². The van der Waals surface area contributed by atoms with E-state index in [0.29, 0.717) is 4.90 Å². The van der Waals surface area contributed by atoms with E-state index in [-0.39, 0.29) is 24.5 Å². The Hall–Kier alpha value is -1.14. The van der Waals surface area contributed by atoms with Crippen molar-refractivity contribution in [1.29, 1.82) is 0 Å². The summed E-state index contributed by atoms with van der Waals surface area (Å²) in [5.41, 5.74) is 5.86. The van der Waals surface area contributed by atoms with Crippen molar-refractivity contribution >= 4 is 33.2 Å². The minimum absolute atomic E-state index is 0. The number of sulfonamides is 1. The first-order valence-electron chi connectivity index (χ1n) is 7.31. The predicted octanol–water partition coefficient (Wildman–Crippen LogP) is 2.81. The molecule has 0 atom stereocenters. The summed E-state index contributed by atoms with van der Waals surface area (Å²) in [4.78, 5) is 0.330. The molecule has 0 unspecified atom stereocenters. The molecule has 0 radical (unpaired) electrons. The summed E-state index contributed by atoms with van der Waals surface area (Å²) in [7, 11) is -3.46. The molecule has 1 saturated carbocycles. The zero-order valence-electron chi connectivity index (χ0n) is 12.2. The van der Waals surface area contributed by atoms with Gasteiger partial charge in [-0.25, -0.2) is 13.1 Å². The summed E-state index contributed by atoms with van der Waals surface area (Å²) >= 11 is 0. The van der Waals surface area contributed by atoms with Crippen LogP contribution >= 0.6 is 12.4 Å². The fourth-order valence-electron chi connectivity index (χ4n) is 2.86. The van der Waals surface area contributed by atoms with Gasteiger partial charge in [-0.2, -0.15) is 0 Å². The van der Waals surface area contributed by atoms with Crippen LogP contribution in [0.25, 0.3) is 10.8 Å². The van der Waals surface area contributed by atoms with Gasteiger partial charge in [0.2, 0.25) is 10.0 Å². The van der Waals surface area contributed by atoms with Crippen LogP contribution in [0, 0.1) is 0 Å². The lowest BCUT2D eigenvalue weighted by atomic mass is 9.93. The highest BCUT2D eigenvalue weighted by molar-refractivity contribution is 7.89. The van der Waals surface area contributed by atoms with E-state index in [2.05, 4.69) is 4.72 Å². The zero-order chi connectivity index (χ0) is 14.9. The summed E-state index contributed by atoms with van der Waals surface area (Å²) < 4.78 is 27.8. The van der Waals surface area contributed by atoms with Crippen LogP contribution in [0.15, 0.2) is 47.4 Å². The third-order valence-corrected chi connectivity index (χ3v) is 5.64. The Balaban J connectivity index is 0.00000176. The van der Waals surface area contributed by atoms with E-state index in [4.69, 9.17) is 5.73 Å². The fourth-order valence-corrected chi connectivity index (χ4v) is 4.20. The first kappa shape index (κ1) is 17.2. The molecule has 1 aliphatic carbocycles. The lowest BCUT2D eigenvalue weighted by molar-refractivity contribution is 0.373. The third kappa shape index (κ3) is 3.79. The Morgan fingerprint density at radius 3 is 2.27 bits per heavy atom. The van der Waals surface area contributed by atoms with Gasteiger partial charge in [-0.15, -0.1) is 12.4 Å². The highest BCUT2D eigenvalue weighted by atomic mass is 35.5. The Kier molecular flexibility index (Phi) is 5.45. The van der Waals surface area contributed by atoms with E-state index in [9.17, 15) is 8.42 Å².